The highest BCUT2D eigenvalue weighted by Gasteiger charge is 2.49. The van der Waals surface area contributed by atoms with Crippen molar-refractivity contribution in [2.75, 3.05) is 4.90 Å². The van der Waals surface area contributed by atoms with E-state index in [0.717, 1.165) is 11.3 Å². The van der Waals surface area contributed by atoms with Crippen molar-refractivity contribution in [3.8, 4) is 5.75 Å². The van der Waals surface area contributed by atoms with E-state index in [1.165, 1.54) is 0 Å². The van der Waals surface area contributed by atoms with Gasteiger partial charge in [0, 0.05) is 17.5 Å². The van der Waals surface area contributed by atoms with Gasteiger partial charge in [0.25, 0.3) is 5.91 Å². The fourth-order valence-electron chi connectivity index (χ4n) is 4.18. The molecule has 30 heavy (non-hydrogen) atoms. The second-order valence-electron chi connectivity index (χ2n) is 7.67. The van der Waals surface area contributed by atoms with Gasteiger partial charge in [-0.15, -0.1) is 0 Å². The lowest BCUT2D eigenvalue weighted by Crippen LogP contribution is -2.65. The van der Waals surface area contributed by atoms with Crippen molar-refractivity contribution in [3.63, 3.8) is 0 Å². The van der Waals surface area contributed by atoms with Crippen LogP contribution >= 0.6 is 0 Å². The maximum Gasteiger partial charge on any atom is 0.325 e. The normalized spacial score (nSPS) is 22.0. The smallest absolute Gasteiger partial charge is 0.325 e. The lowest BCUT2D eigenvalue weighted by Gasteiger charge is -2.50. The highest BCUT2D eigenvalue weighted by molar-refractivity contribution is 5.98. The van der Waals surface area contributed by atoms with Gasteiger partial charge in [0.05, 0.1) is 24.5 Å². The van der Waals surface area contributed by atoms with E-state index in [1.807, 2.05) is 31.2 Å². The molecule has 1 saturated heterocycles. The van der Waals surface area contributed by atoms with E-state index in [-0.39, 0.29) is 18.0 Å². The van der Waals surface area contributed by atoms with E-state index < -0.39 is 5.72 Å². The van der Waals surface area contributed by atoms with Crippen LogP contribution in [0.25, 0.3) is 0 Å². The lowest BCUT2D eigenvalue weighted by molar-refractivity contribution is 0.0378. The van der Waals surface area contributed by atoms with Crippen molar-refractivity contribution in [3.05, 3.63) is 83.8 Å². The molecule has 2 atom stereocenters. The van der Waals surface area contributed by atoms with Crippen LogP contribution < -0.4 is 20.3 Å². The number of furan rings is 1. The predicted molar refractivity (Wildman–Crippen MR) is 110 cm³/mol. The Morgan fingerprint density at radius 3 is 2.90 bits per heavy atom. The molecule has 0 unspecified atom stereocenters. The lowest BCUT2D eigenvalue weighted by atomic mass is 9.90. The van der Waals surface area contributed by atoms with Crippen molar-refractivity contribution >= 4 is 17.6 Å². The molecule has 3 heterocycles. The van der Waals surface area contributed by atoms with Crippen LogP contribution in [0.2, 0.25) is 0 Å². The number of carbonyl (C=O) groups excluding carboxylic acids is 2. The maximum atomic E-state index is 13.0. The molecule has 0 saturated carbocycles. The summed E-state index contributed by atoms with van der Waals surface area (Å²) in [6, 6.07) is 17.9. The minimum absolute atomic E-state index is 0.108. The SMILES string of the molecule is C[C@]12C[C@@H](NC(=O)N1c1cccc(C(=O)NCc3ccco3)c1)c1ccccc1O2. The molecule has 2 aliphatic rings. The largest absolute Gasteiger partial charge is 0.467 e. The van der Waals surface area contributed by atoms with Gasteiger partial charge in [-0.1, -0.05) is 24.3 Å². The summed E-state index contributed by atoms with van der Waals surface area (Å²) >= 11 is 0. The van der Waals surface area contributed by atoms with Gasteiger partial charge in [0.15, 0.2) is 5.72 Å². The van der Waals surface area contributed by atoms with Gasteiger partial charge in [-0.25, -0.2) is 4.79 Å². The molecule has 2 bridgehead atoms. The summed E-state index contributed by atoms with van der Waals surface area (Å²) < 4.78 is 11.5. The summed E-state index contributed by atoms with van der Waals surface area (Å²) in [7, 11) is 0. The van der Waals surface area contributed by atoms with Gasteiger partial charge < -0.3 is 19.8 Å². The Bertz CT molecular complexity index is 1110. The summed E-state index contributed by atoms with van der Waals surface area (Å²) in [5, 5.41) is 5.89. The number of amides is 3. The second-order valence-corrected chi connectivity index (χ2v) is 7.67. The minimum atomic E-state index is -0.857. The average Bonchev–Trinajstić information content (AvgIpc) is 3.25. The fraction of sp³-hybridized carbons (Fsp3) is 0.217. The predicted octanol–water partition coefficient (Wildman–Crippen LogP) is 3.98. The Kier molecular flexibility index (Phi) is 4.24. The van der Waals surface area contributed by atoms with Gasteiger partial charge >= 0.3 is 6.03 Å². The highest BCUT2D eigenvalue weighted by atomic mass is 16.5. The van der Waals surface area contributed by atoms with Crippen LogP contribution in [-0.2, 0) is 6.54 Å². The number of nitrogens with zero attached hydrogens (tertiary/aromatic N) is 1. The summed E-state index contributed by atoms with van der Waals surface area (Å²) in [4.78, 5) is 27.2. The number of hydrogen-bond acceptors (Lipinski definition) is 4. The zero-order valence-corrected chi connectivity index (χ0v) is 16.4. The summed E-state index contributed by atoms with van der Waals surface area (Å²) in [6.07, 6.45) is 2.16. The van der Waals surface area contributed by atoms with Crippen molar-refractivity contribution in [2.45, 2.75) is 31.7 Å². The number of nitrogens with one attached hydrogen (secondary N) is 2. The Morgan fingerprint density at radius 1 is 1.20 bits per heavy atom. The molecule has 0 radical (unpaired) electrons. The first-order valence-electron chi connectivity index (χ1n) is 9.83. The topological polar surface area (TPSA) is 83.8 Å². The molecule has 152 valence electrons. The van der Waals surface area contributed by atoms with Crippen molar-refractivity contribution in [1.29, 1.82) is 0 Å². The molecule has 0 aliphatic carbocycles. The third-order valence-electron chi connectivity index (χ3n) is 5.55. The van der Waals surface area contributed by atoms with E-state index in [4.69, 9.17) is 9.15 Å². The highest BCUT2D eigenvalue weighted by Crippen LogP contribution is 2.45. The van der Waals surface area contributed by atoms with Gasteiger partial charge in [-0.05, 0) is 43.3 Å². The van der Waals surface area contributed by atoms with Crippen LogP contribution in [0.1, 0.15) is 41.1 Å². The molecule has 7 nitrogen and oxygen atoms in total. The number of rotatable bonds is 4. The molecule has 2 N–H and O–H groups in total. The van der Waals surface area contributed by atoms with Crippen LogP contribution in [0, 0.1) is 0 Å². The molecule has 5 rings (SSSR count). The van der Waals surface area contributed by atoms with Crippen molar-refractivity contribution < 1.29 is 18.7 Å². The van der Waals surface area contributed by atoms with E-state index >= 15 is 0 Å². The number of fused-ring (bicyclic) bond motifs is 4. The molecule has 2 aromatic carbocycles. The van der Waals surface area contributed by atoms with Gasteiger partial charge in [0.2, 0.25) is 0 Å². The van der Waals surface area contributed by atoms with Gasteiger partial charge in [-0.3, -0.25) is 9.69 Å². The number of carbonyl (C=O) groups is 2. The molecule has 1 fully saturated rings. The Labute approximate surface area is 173 Å². The molecule has 2 aliphatic heterocycles. The number of hydrogen-bond donors (Lipinski definition) is 2. The van der Waals surface area contributed by atoms with Gasteiger partial charge in [-0.2, -0.15) is 0 Å². The summed E-state index contributed by atoms with van der Waals surface area (Å²) in [5.41, 5.74) is 1.17. The fourth-order valence-corrected chi connectivity index (χ4v) is 4.18. The molecular weight excluding hydrogens is 382 g/mol. The summed E-state index contributed by atoms with van der Waals surface area (Å²) in [6.45, 7) is 2.19. The molecule has 7 heteroatoms. The number of ether oxygens (including phenoxy) is 1. The quantitative estimate of drug-likeness (QED) is 0.690. The van der Waals surface area contributed by atoms with Crippen LogP contribution in [0.3, 0.4) is 0 Å². The van der Waals surface area contributed by atoms with Gasteiger partial charge in [0.1, 0.15) is 11.5 Å². The Morgan fingerprint density at radius 2 is 2.07 bits per heavy atom. The monoisotopic (exact) mass is 403 g/mol. The standard InChI is InChI=1S/C23H21N3O4/c1-23-13-19(18-9-2-3-10-20(18)30-23)25-22(28)26(23)16-7-4-6-15(12-16)21(27)24-14-17-8-5-11-29-17/h2-12,19H,13-14H2,1H3,(H,24,27)(H,25,28)/t19-,23+/m1/s1. The van der Waals surface area contributed by atoms with Crippen LogP contribution in [0.15, 0.2) is 71.3 Å². The Balaban J connectivity index is 1.42. The Hall–Kier alpha value is -3.74. The molecule has 0 spiro atoms. The van der Waals surface area contributed by atoms with Crippen LogP contribution in [-0.4, -0.2) is 17.7 Å². The van der Waals surface area contributed by atoms with Crippen molar-refractivity contribution in [1.82, 2.24) is 10.6 Å². The van der Waals surface area contributed by atoms with E-state index in [1.54, 1.807) is 47.6 Å². The first kappa shape index (κ1) is 18.3. The van der Waals surface area contributed by atoms with E-state index in [0.29, 0.717) is 30.0 Å². The molecule has 1 aromatic heterocycles. The molecular formula is C23H21N3O4. The number of para-hydroxylation sites is 1. The van der Waals surface area contributed by atoms with Crippen LogP contribution in [0.4, 0.5) is 10.5 Å². The van der Waals surface area contributed by atoms with Crippen molar-refractivity contribution in [2.24, 2.45) is 0 Å². The first-order chi connectivity index (χ1) is 14.5. The third-order valence-corrected chi connectivity index (χ3v) is 5.55. The number of urea groups is 1. The average molecular weight is 403 g/mol. The third kappa shape index (κ3) is 3.08. The van der Waals surface area contributed by atoms with E-state index in [9.17, 15) is 9.59 Å². The molecule has 3 aromatic rings. The van der Waals surface area contributed by atoms with Crippen LogP contribution in [0.5, 0.6) is 5.75 Å². The maximum absolute atomic E-state index is 13.0. The zero-order chi connectivity index (χ0) is 20.7. The second kappa shape index (κ2) is 6.95. The molecule has 3 amide bonds. The van der Waals surface area contributed by atoms with E-state index in [2.05, 4.69) is 10.6 Å². The zero-order valence-electron chi connectivity index (χ0n) is 16.4. The number of benzene rings is 2. The number of anilines is 1. The first-order valence-corrected chi connectivity index (χ1v) is 9.83. The summed E-state index contributed by atoms with van der Waals surface area (Å²) in [5.74, 6) is 1.18. The minimum Gasteiger partial charge on any atom is -0.467 e.